The van der Waals surface area contributed by atoms with Crippen LogP contribution in [0.4, 0.5) is 5.69 Å². The van der Waals surface area contributed by atoms with Gasteiger partial charge in [0, 0.05) is 42.3 Å². The van der Waals surface area contributed by atoms with Gasteiger partial charge in [0.05, 0.1) is 25.4 Å². The van der Waals surface area contributed by atoms with Crippen LogP contribution in [0.1, 0.15) is 28.8 Å². The first kappa shape index (κ1) is 21.2. The molecule has 2 fully saturated rings. The van der Waals surface area contributed by atoms with Crippen molar-refractivity contribution in [3.05, 3.63) is 64.7 Å². The van der Waals surface area contributed by atoms with Crippen LogP contribution in [0.15, 0.2) is 48.5 Å². The predicted octanol–water partition coefficient (Wildman–Crippen LogP) is 3.63. The zero-order valence-corrected chi connectivity index (χ0v) is 18.0. The molecule has 4 rings (SSSR count). The van der Waals surface area contributed by atoms with Crippen LogP contribution >= 0.6 is 11.6 Å². The number of carbonyl (C=O) groups excluding carboxylic acids is 1. The maximum atomic E-state index is 13.5. The molecule has 0 saturated carbocycles. The maximum Gasteiger partial charge on any atom is 0.255 e. The second-order valence-corrected chi connectivity index (χ2v) is 8.85. The Labute approximate surface area is 183 Å². The van der Waals surface area contributed by atoms with E-state index in [4.69, 9.17) is 16.3 Å². The number of piperidine rings is 1. The van der Waals surface area contributed by atoms with E-state index >= 15 is 0 Å². The van der Waals surface area contributed by atoms with Crippen molar-refractivity contribution in [1.82, 2.24) is 4.90 Å². The highest BCUT2D eigenvalue weighted by Crippen LogP contribution is 2.35. The quantitative estimate of drug-likeness (QED) is 0.790. The Balaban J connectivity index is 1.55. The molecule has 30 heavy (non-hydrogen) atoms. The summed E-state index contributed by atoms with van der Waals surface area (Å²) in [6, 6.07) is 15.6. The fourth-order valence-corrected chi connectivity index (χ4v) is 4.91. The van der Waals surface area contributed by atoms with Crippen molar-refractivity contribution >= 4 is 23.2 Å². The van der Waals surface area contributed by atoms with Crippen LogP contribution in [0.25, 0.3) is 0 Å². The van der Waals surface area contributed by atoms with Gasteiger partial charge in [-0.3, -0.25) is 4.79 Å². The standard InChI is InChI=1S/C24H29ClN2O3/c25-20-6-3-5-19(15-20)16-24(18-28)9-4-10-27(17-24)23(29)21-7-1-2-8-22(21)26-11-13-30-14-12-26/h1-3,5-8,15,28H,4,9-14,16-18H2. The number of morpholine rings is 1. The molecule has 0 bridgehead atoms. The molecular weight excluding hydrogens is 400 g/mol. The molecule has 2 saturated heterocycles. The number of amides is 1. The lowest BCUT2D eigenvalue weighted by atomic mass is 9.75. The molecule has 5 nitrogen and oxygen atoms in total. The van der Waals surface area contributed by atoms with Gasteiger partial charge >= 0.3 is 0 Å². The first-order valence-corrected chi connectivity index (χ1v) is 11.0. The number of aliphatic hydroxyl groups excluding tert-OH is 1. The molecule has 2 aromatic rings. The molecule has 1 atom stereocenters. The molecule has 2 aromatic carbocycles. The third-order valence-electron chi connectivity index (χ3n) is 6.24. The van der Waals surface area contributed by atoms with Crippen molar-refractivity contribution in [2.75, 3.05) is 50.9 Å². The van der Waals surface area contributed by atoms with Crippen LogP contribution in [-0.4, -0.2) is 61.9 Å². The number of ether oxygens (including phenoxy) is 1. The molecule has 0 aliphatic carbocycles. The van der Waals surface area contributed by atoms with Gasteiger partial charge in [-0.15, -0.1) is 0 Å². The minimum atomic E-state index is -0.341. The number of likely N-dealkylation sites (tertiary alicyclic amines) is 1. The molecule has 0 aromatic heterocycles. The Hall–Kier alpha value is -2.08. The van der Waals surface area contributed by atoms with E-state index in [1.807, 2.05) is 53.4 Å². The Morgan fingerprint density at radius 1 is 1.10 bits per heavy atom. The van der Waals surface area contributed by atoms with Gasteiger partial charge in [-0.2, -0.15) is 0 Å². The van der Waals surface area contributed by atoms with E-state index in [0.29, 0.717) is 37.7 Å². The molecule has 1 unspecified atom stereocenters. The first-order chi connectivity index (χ1) is 14.6. The number of hydrogen-bond acceptors (Lipinski definition) is 4. The first-order valence-electron chi connectivity index (χ1n) is 10.7. The fourth-order valence-electron chi connectivity index (χ4n) is 4.70. The van der Waals surface area contributed by atoms with Crippen LogP contribution in [-0.2, 0) is 11.2 Å². The van der Waals surface area contributed by atoms with E-state index in [2.05, 4.69) is 4.90 Å². The molecular formula is C24H29ClN2O3. The second kappa shape index (κ2) is 9.38. The fraction of sp³-hybridized carbons (Fsp3) is 0.458. The van der Waals surface area contributed by atoms with Gasteiger partial charge in [-0.05, 0) is 49.1 Å². The smallest absolute Gasteiger partial charge is 0.255 e. The SMILES string of the molecule is O=C(c1ccccc1N1CCOCC1)N1CCCC(CO)(Cc2cccc(Cl)c2)C1. The third kappa shape index (κ3) is 4.64. The van der Waals surface area contributed by atoms with Gasteiger partial charge < -0.3 is 19.6 Å². The number of rotatable bonds is 5. The summed E-state index contributed by atoms with van der Waals surface area (Å²) in [5.41, 5.74) is 2.46. The molecule has 1 N–H and O–H groups in total. The topological polar surface area (TPSA) is 53.0 Å². The zero-order chi connectivity index (χ0) is 21.0. The number of nitrogens with zero attached hydrogens (tertiary/aromatic N) is 2. The Morgan fingerprint density at radius 3 is 2.67 bits per heavy atom. The van der Waals surface area contributed by atoms with Gasteiger partial charge in [-0.25, -0.2) is 0 Å². The van der Waals surface area contributed by atoms with E-state index < -0.39 is 0 Å². The molecule has 2 aliphatic rings. The summed E-state index contributed by atoms with van der Waals surface area (Å²) in [5, 5.41) is 11.0. The van der Waals surface area contributed by atoms with Crippen molar-refractivity contribution in [3.63, 3.8) is 0 Å². The van der Waals surface area contributed by atoms with E-state index in [1.54, 1.807) is 0 Å². The normalized spacial score (nSPS) is 22.2. The highest BCUT2D eigenvalue weighted by Gasteiger charge is 2.37. The average Bonchev–Trinajstić information content (AvgIpc) is 2.79. The summed E-state index contributed by atoms with van der Waals surface area (Å²) in [6.45, 7) is 4.26. The average molecular weight is 429 g/mol. The highest BCUT2D eigenvalue weighted by molar-refractivity contribution is 6.30. The number of para-hydroxylation sites is 1. The van der Waals surface area contributed by atoms with Gasteiger partial charge in [-0.1, -0.05) is 35.9 Å². The predicted molar refractivity (Wildman–Crippen MR) is 119 cm³/mol. The van der Waals surface area contributed by atoms with Gasteiger partial charge in [0.2, 0.25) is 0 Å². The second-order valence-electron chi connectivity index (χ2n) is 8.41. The molecule has 6 heteroatoms. The van der Waals surface area contributed by atoms with Crippen molar-refractivity contribution < 1.29 is 14.6 Å². The molecule has 0 spiro atoms. The molecule has 1 amide bonds. The van der Waals surface area contributed by atoms with Gasteiger partial charge in [0.15, 0.2) is 0 Å². The molecule has 160 valence electrons. The Morgan fingerprint density at radius 2 is 1.90 bits per heavy atom. The number of hydrogen-bond donors (Lipinski definition) is 1. The van der Waals surface area contributed by atoms with E-state index in [9.17, 15) is 9.90 Å². The summed E-state index contributed by atoms with van der Waals surface area (Å²) < 4.78 is 5.47. The van der Waals surface area contributed by atoms with E-state index in [-0.39, 0.29) is 17.9 Å². The minimum absolute atomic E-state index is 0.0423. The largest absolute Gasteiger partial charge is 0.396 e. The Bertz CT molecular complexity index is 884. The van der Waals surface area contributed by atoms with Crippen LogP contribution in [0.3, 0.4) is 0 Å². The van der Waals surface area contributed by atoms with Crippen molar-refractivity contribution in [3.8, 4) is 0 Å². The third-order valence-corrected chi connectivity index (χ3v) is 6.47. The summed E-state index contributed by atoms with van der Waals surface area (Å²) in [6.07, 6.45) is 2.48. The number of carbonyl (C=O) groups is 1. The molecule has 0 radical (unpaired) electrons. The van der Waals surface area contributed by atoms with Crippen LogP contribution in [0.2, 0.25) is 5.02 Å². The zero-order valence-electron chi connectivity index (χ0n) is 17.2. The van der Waals surface area contributed by atoms with Gasteiger partial charge in [0.1, 0.15) is 0 Å². The summed E-state index contributed by atoms with van der Waals surface area (Å²) in [4.78, 5) is 17.7. The minimum Gasteiger partial charge on any atom is -0.396 e. The van der Waals surface area contributed by atoms with Gasteiger partial charge in [0.25, 0.3) is 5.91 Å². The summed E-state index contributed by atoms with van der Waals surface area (Å²) in [5.74, 6) is 0.0423. The summed E-state index contributed by atoms with van der Waals surface area (Å²) in [7, 11) is 0. The summed E-state index contributed by atoms with van der Waals surface area (Å²) >= 11 is 6.16. The highest BCUT2D eigenvalue weighted by atomic mass is 35.5. The van der Waals surface area contributed by atoms with E-state index in [0.717, 1.165) is 42.7 Å². The van der Waals surface area contributed by atoms with Crippen LogP contribution in [0, 0.1) is 5.41 Å². The number of anilines is 1. The lowest BCUT2D eigenvalue weighted by Gasteiger charge is -2.42. The lowest BCUT2D eigenvalue weighted by molar-refractivity contribution is 0.0272. The monoisotopic (exact) mass is 428 g/mol. The van der Waals surface area contributed by atoms with Crippen molar-refractivity contribution in [1.29, 1.82) is 0 Å². The van der Waals surface area contributed by atoms with Crippen molar-refractivity contribution in [2.45, 2.75) is 19.3 Å². The molecule has 2 aliphatic heterocycles. The molecule has 2 heterocycles. The van der Waals surface area contributed by atoms with Crippen LogP contribution in [0.5, 0.6) is 0 Å². The van der Waals surface area contributed by atoms with Crippen LogP contribution < -0.4 is 4.90 Å². The van der Waals surface area contributed by atoms with E-state index in [1.165, 1.54) is 0 Å². The lowest BCUT2D eigenvalue weighted by Crippen LogP contribution is -2.49. The number of aliphatic hydroxyl groups is 1. The Kier molecular flexibility index (Phi) is 6.61. The number of benzene rings is 2. The van der Waals surface area contributed by atoms with Crippen molar-refractivity contribution in [2.24, 2.45) is 5.41 Å². The number of halogens is 1. The maximum absolute atomic E-state index is 13.5.